The fourth-order valence-electron chi connectivity index (χ4n) is 1.44. The topological polar surface area (TPSA) is 17.1 Å². The Morgan fingerprint density at radius 3 is 2.50 bits per heavy atom. The fourth-order valence-corrected chi connectivity index (χ4v) is 3.14. The van der Waals surface area contributed by atoms with E-state index in [0.717, 1.165) is 9.85 Å². The van der Waals surface area contributed by atoms with Gasteiger partial charge in [-0.2, -0.15) is 0 Å². The summed E-state index contributed by atoms with van der Waals surface area (Å²) in [5.41, 5.74) is -0.209. The maximum Gasteiger partial charge on any atom is 0.177 e. The third kappa shape index (κ3) is 2.87. The van der Waals surface area contributed by atoms with Crippen LogP contribution < -0.4 is 0 Å². The molecule has 0 bridgehead atoms. The van der Waals surface area contributed by atoms with Gasteiger partial charge in [-0.3, -0.25) is 4.79 Å². The van der Waals surface area contributed by atoms with Crippen molar-refractivity contribution in [1.29, 1.82) is 0 Å². The van der Waals surface area contributed by atoms with Crippen molar-refractivity contribution in [3.63, 3.8) is 0 Å². The first-order valence-corrected chi connectivity index (χ1v) is 7.30. The van der Waals surface area contributed by atoms with Crippen LogP contribution in [0.5, 0.6) is 0 Å². The highest BCUT2D eigenvalue weighted by atomic mass is 79.9. The molecule has 0 aliphatic rings. The van der Waals surface area contributed by atoms with E-state index in [0.29, 0.717) is 4.88 Å². The first kappa shape index (κ1) is 13.8. The van der Waals surface area contributed by atoms with E-state index in [4.69, 9.17) is 0 Å². The predicted molar refractivity (Wildman–Crippen MR) is 74.1 cm³/mol. The number of halogens is 4. The van der Waals surface area contributed by atoms with Gasteiger partial charge in [0.1, 0.15) is 11.6 Å². The van der Waals surface area contributed by atoms with Gasteiger partial charge in [0, 0.05) is 12.0 Å². The van der Waals surface area contributed by atoms with E-state index in [1.54, 1.807) is 12.1 Å². The van der Waals surface area contributed by atoms with Crippen molar-refractivity contribution in [2.75, 3.05) is 0 Å². The van der Waals surface area contributed by atoms with Crippen molar-refractivity contribution < 1.29 is 13.6 Å². The fraction of sp³-hybridized carbons (Fsp3) is 0.0833. The number of rotatable bonds is 3. The van der Waals surface area contributed by atoms with Gasteiger partial charge in [0.2, 0.25) is 0 Å². The molecule has 0 aliphatic carbocycles. The van der Waals surface area contributed by atoms with Gasteiger partial charge in [0.05, 0.1) is 13.1 Å². The van der Waals surface area contributed by atoms with Gasteiger partial charge in [0.25, 0.3) is 0 Å². The minimum atomic E-state index is -0.723. The van der Waals surface area contributed by atoms with Crippen LogP contribution >= 0.6 is 43.2 Å². The van der Waals surface area contributed by atoms with E-state index in [1.807, 2.05) is 0 Å². The molecule has 1 aromatic carbocycles. The molecular formula is C12H6Br2F2OS. The minimum absolute atomic E-state index is 0.152. The standard InChI is InChI=1S/C12H6Br2F2OS/c13-7-1-2-8(15)6(12(7)16)5-9(17)10-3-4-11(14)18-10/h1-4H,5H2. The average Bonchev–Trinajstić information content (AvgIpc) is 2.76. The number of hydrogen-bond acceptors (Lipinski definition) is 2. The number of benzene rings is 1. The van der Waals surface area contributed by atoms with Gasteiger partial charge in [0.15, 0.2) is 5.78 Å². The third-order valence-corrected chi connectivity index (χ3v) is 4.60. The van der Waals surface area contributed by atoms with Crippen LogP contribution in [0.3, 0.4) is 0 Å². The molecule has 0 aliphatic heterocycles. The zero-order valence-corrected chi connectivity index (χ0v) is 12.8. The lowest BCUT2D eigenvalue weighted by atomic mass is 10.1. The highest BCUT2D eigenvalue weighted by molar-refractivity contribution is 9.11. The van der Waals surface area contributed by atoms with E-state index in [1.165, 1.54) is 17.4 Å². The number of carbonyl (C=O) groups excluding carboxylic acids is 1. The molecule has 0 spiro atoms. The van der Waals surface area contributed by atoms with Crippen molar-refractivity contribution in [2.45, 2.75) is 6.42 Å². The molecule has 0 amide bonds. The summed E-state index contributed by atoms with van der Waals surface area (Å²) >= 11 is 7.45. The van der Waals surface area contributed by atoms with E-state index in [-0.39, 0.29) is 22.2 Å². The first-order valence-electron chi connectivity index (χ1n) is 4.90. The molecule has 6 heteroatoms. The molecule has 0 saturated heterocycles. The second-order valence-corrected chi connectivity index (χ2v) is 6.84. The average molecular weight is 396 g/mol. The smallest absolute Gasteiger partial charge is 0.177 e. The predicted octanol–water partition coefficient (Wildman–Crippen LogP) is 4.98. The molecule has 2 rings (SSSR count). The number of thiophene rings is 1. The van der Waals surface area contributed by atoms with Gasteiger partial charge in [-0.05, 0) is 56.1 Å². The molecule has 1 nitrogen and oxygen atoms in total. The summed E-state index contributed by atoms with van der Waals surface area (Å²) in [7, 11) is 0. The van der Waals surface area contributed by atoms with E-state index < -0.39 is 11.6 Å². The molecule has 1 aromatic heterocycles. The van der Waals surface area contributed by atoms with Crippen molar-refractivity contribution in [2.24, 2.45) is 0 Å². The summed E-state index contributed by atoms with van der Waals surface area (Å²) in [5, 5.41) is 0. The molecule has 1 heterocycles. The number of Topliss-reactive ketones (excluding diaryl/α,β-unsaturated/α-hetero) is 1. The normalized spacial score (nSPS) is 10.7. The van der Waals surface area contributed by atoms with Crippen LogP contribution in [-0.2, 0) is 6.42 Å². The Kier molecular flexibility index (Phi) is 4.29. The quantitative estimate of drug-likeness (QED) is 0.529. The van der Waals surface area contributed by atoms with Gasteiger partial charge in [-0.25, -0.2) is 8.78 Å². The van der Waals surface area contributed by atoms with Gasteiger partial charge in [-0.1, -0.05) is 0 Å². The summed E-state index contributed by atoms with van der Waals surface area (Å²) in [6, 6.07) is 5.77. The molecular weight excluding hydrogens is 390 g/mol. The highest BCUT2D eigenvalue weighted by Crippen LogP contribution is 2.26. The van der Waals surface area contributed by atoms with Gasteiger partial charge >= 0.3 is 0 Å². The molecule has 18 heavy (non-hydrogen) atoms. The maximum atomic E-state index is 13.7. The Hall–Kier alpha value is -0.590. The Morgan fingerprint density at radius 1 is 1.17 bits per heavy atom. The molecule has 0 radical (unpaired) electrons. The lowest BCUT2D eigenvalue weighted by Gasteiger charge is -2.05. The van der Waals surface area contributed by atoms with E-state index >= 15 is 0 Å². The molecule has 0 saturated carbocycles. The lowest BCUT2D eigenvalue weighted by Crippen LogP contribution is -2.06. The van der Waals surface area contributed by atoms with Gasteiger partial charge < -0.3 is 0 Å². The number of ketones is 1. The lowest BCUT2D eigenvalue weighted by molar-refractivity contribution is 0.0994. The number of carbonyl (C=O) groups is 1. The Labute approximate surface area is 123 Å². The Bertz CT molecular complexity index is 610. The van der Waals surface area contributed by atoms with Gasteiger partial charge in [-0.15, -0.1) is 11.3 Å². The summed E-state index contributed by atoms with van der Waals surface area (Å²) in [5.74, 6) is -1.74. The Morgan fingerprint density at radius 2 is 1.89 bits per heavy atom. The maximum absolute atomic E-state index is 13.7. The van der Waals surface area contributed by atoms with Crippen LogP contribution in [-0.4, -0.2) is 5.78 Å². The van der Waals surface area contributed by atoms with Crippen LogP contribution in [0.1, 0.15) is 15.2 Å². The second kappa shape index (κ2) is 5.59. The van der Waals surface area contributed by atoms with Crippen molar-refractivity contribution in [3.8, 4) is 0 Å². The minimum Gasteiger partial charge on any atom is -0.293 e. The van der Waals surface area contributed by atoms with E-state index in [9.17, 15) is 13.6 Å². The Balaban J connectivity index is 2.30. The van der Waals surface area contributed by atoms with Crippen molar-refractivity contribution >= 4 is 49.0 Å². The molecule has 0 unspecified atom stereocenters. The van der Waals surface area contributed by atoms with Crippen LogP contribution in [0.4, 0.5) is 8.78 Å². The zero-order valence-electron chi connectivity index (χ0n) is 8.84. The van der Waals surface area contributed by atoms with Crippen LogP contribution in [0.25, 0.3) is 0 Å². The second-order valence-electron chi connectivity index (χ2n) is 3.53. The summed E-state index contributed by atoms with van der Waals surface area (Å²) < 4.78 is 28.2. The van der Waals surface area contributed by atoms with Crippen molar-refractivity contribution in [3.05, 3.63) is 54.6 Å². The largest absolute Gasteiger partial charge is 0.293 e. The molecule has 0 fully saturated rings. The molecule has 2 aromatic rings. The molecule has 0 atom stereocenters. The third-order valence-electron chi connectivity index (χ3n) is 2.32. The van der Waals surface area contributed by atoms with Crippen molar-refractivity contribution in [1.82, 2.24) is 0 Å². The van der Waals surface area contributed by atoms with Crippen LogP contribution in [0.15, 0.2) is 32.5 Å². The first-order chi connectivity index (χ1) is 8.49. The van der Waals surface area contributed by atoms with E-state index in [2.05, 4.69) is 31.9 Å². The zero-order chi connectivity index (χ0) is 13.3. The molecule has 94 valence electrons. The summed E-state index contributed by atoms with van der Waals surface area (Å²) in [6.45, 7) is 0. The summed E-state index contributed by atoms with van der Waals surface area (Å²) in [6.07, 6.45) is -0.288. The number of hydrogen-bond donors (Lipinski definition) is 0. The summed E-state index contributed by atoms with van der Waals surface area (Å²) in [4.78, 5) is 12.4. The highest BCUT2D eigenvalue weighted by Gasteiger charge is 2.17. The SMILES string of the molecule is O=C(Cc1c(F)ccc(Br)c1F)c1ccc(Br)s1. The monoisotopic (exact) mass is 394 g/mol. The van der Waals surface area contributed by atoms with Crippen LogP contribution in [0.2, 0.25) is 0 Å². The van der Waals surface area contributed by atoms with Crippen LogP contribution in [0, 0.1) is 11.6 Å². The molecule has 0 N–H and O–H groups in total.